The summed E-state index contributed by atoms with van der Waals surface area (Å²) in [7, 11) is 2.00. The number of carbonyl (C=O) groups excluding carboxylic acids is 2. The van der Waals surface area contributed by atoms with Crippen LogP contribution in [0, 0.1) is 116 Å². The third kappa shape index (κ3) is 7.24. The van der Waals surface area contributed by atoms with Crippen LogP contribution in [0.25, 0.3) is 0 Å². The number of hydrogen-bond acceptors (Lipinski definition) is 9. The minimum absolute atomic E-state index is 0.0131. The molecule has 13 aliphatic carbocycles. The van der Waals surface area contributed by atoms with Gasteiger partial charge in [0.2, 0.25) is 0 Å². The molecule has 9 nitrogen and oxygen atoms in total. The van der Waals surface area contributed by atoms with Crippen LogP contribution in [0.3, 0.4) is 0 Å². The minimum Gasteiger partial charge on any atom is -0.454 e. The second-order valence-corrected chi connectivity index (χ2v) is 33.7. The van der Waals surface area contributed by atoms with E-state index in [1.54, 1.807) is 6.08 Å². The standard InChI is InChI=1S/C79H97NO8/c1-46-52-17-16-49(32-52)31-47-10-8-11-48(30-47)33-66-59-22-28-73-27-21-54(50-12-4-3-5-13-50)35-57(73)37-64(59)76(73)44-75(45-82)67-23-29-74-43-72(24-6-7-25-72)26-20-51-14-9-15-55(42-81)60(51)38-65(80-2)61-36-56(69(74)62-39-68(83)88-70(61)62)40-78(74,85)77(67,84)41-58-34-53(46)18-19-63(71(76)87-66)79(58,75)86/h3-5,8-15,30,39,45-46,49,52-54,56-59,61,63-67,69-71,80-81,84-86H,6-7,16-19,21-25,27-29,31-38,40-44H2,1-2H3. The molecule has 19 rings (SSSR count). The lowest BCUT2D eigenvalue weighted by molar-refractivity contribution is -0.386. The van der Waals surface area contributed by atoms with Gasteiger partial charge in [0, 0.05) is 51.7 Å². The molecular weight excluding hydrogens is 1090 g/mol. The van der Waals surface area contributed by atoms with E-state index in [0.717, 1.165) is 119 Å². The summed E-state index contributed by atoms with van der Waals surface area (Å²) >= 11 is 0. The number of carbonyl (C=O) groups is 2. The van der Waals surface area contributed by atoms with Crippen LogP contribution in [-0.4, -0.2) is 80.9 Å². The Morgan fingerprint density at radius 2 is 1.51 bits per heavy atom. The number of nitrogens with one attached hydrogen (secondary N) is 1. The van der Waals surface area contributed by atoms with Crippen molar-refractivity contribution >= 4 is 12.3 Å². The third-order valence-corrected chi connectivity index (χ3v) is 31.4. The summed E-state index contributed by atoms with van der Waals surface area (Å²) < 4.78 is 14.9. The van der Waals surface area contributed by atoms with Gasteiger partial charge in [-0.25, -0.2) is 4.79 Å². The highest BCUT2D eigenvalue weighted by atomic mass is 16.5. The fraction of sp³-hybridized carbons (Fsp3) is 0.696. The zero-order chi connectivity index (χ0) is 59.5. The maximum atomic E-state index is 16.3. The van der Waals surface area contributed by atoms with E-state index >= 15 is 20.1 Å². The maximum Gasteiger partial charge on any atom is 0.331 e. The van der Waals surface area contributed by atoms with Gasteiger partial charge >= 0.3 is 5.97 Å². The molecule has 3 aliphatic heterocycles. The number of hydrogen-bond donors (Lipinski definition) is 5. The fourth-order valence-electron chi connectivity index (χ4n) is 28.3. The van der Waals surface area contributed by atoms with E-state index in [1.807, 2.05) is 19.2 Å². The van der Waals surface area contributed by atoms with Crippen molar-refractivity contribution in [3.63, 3.8) is 0 Å². The van der Waals surface area contributed by atoms with Gasteiger partial charge in [-0.1, -0.05) is 98.3 Å². The van der Waals surface area contributed by atoms with Crippen LogP contribution in [0.15, 0.2) is 84.4 Å². The second-order valence-electron chi connectivity index (χ2n) is 33.7. The number of aliphatic hydroxyl groups is 4. The molecule has 12 fully saturated rings. The molecule has 1 saturated heterocycles. The molecule has 466 valence electrons. The fourth-order valence-corrected chi connectivity index (χ4v) is 28.3. The Morgan fingerprint density at radius 1 is 0.727 bits per heavy atom. The van der Waals surface area contributed by atoms with Crippen LogP contribution in [0.5, 0.6) is 0 Å². The van der Waals surface area contributed by atoms with Crippen molar-refractivity contribution in [3.05, 3.63) is 118 Å². The summed E-state index contributed by atoms with van der Waals surface area (Å²) in [5.41, 5.74) is -0.00411. The van der Waals surface area contributed by atoms with Gasteiger partial charge in [0.05, 0.1) is 35.4 Å². The van der Waals surface area contributed by atoms with Crippen molar-refractivity contribution in [1.82, 2.24) is 5.32 Å². The lowest BCUT2D eigenvalue weighted by atomic mass is 9.29. The van der Waals surface area contributed by atoms with E-state index in [1.165, 1.54) is 42.2 Å². The third-order valence-electron chi connectivity index (χ3n) is 31.4. The number of aldehydes is 1. The van der Waals surface area contributed by atoms with Gasteiger partial charge in [-0.3, -0.25) is 0 Å². The van der Waals surface area contributed by atoms with Gasteiger partial charge in [0.1, 0.15) is 18.0 Å². The highest BCUT2D eigenvalue weighted by Crippen LogP contribution is 2.86. The lowest BCUT2D eigenvalue weighted by Gasteiger charge is -2.78. The number of esters is 1. The van der Waals surface area contributed by atoms with Crippen LogP contribution in [0.4, 0.5) is 0 Å². The van der Waals surface area contributed by atoms with Crippen LogP contribution < -0.4 is 5.32 Å². The molecular formula is C79H97NO8. The largest absolute Gasteiger partial charge is 0.454 e. The number of aliphatic hydroxyl groups excluding tert-OH is 1. The van der Waals surface area contributed by atoms with Gasteiger partial charge < -0.3 is 40.0 Å². The predicted octanol–water partition coefficient (Wildman–Crippen LogP) is 12.4. The number of rotatable bonds is 4. The zero-order valence-corrected chi connectivity index (χ0v) is 52.5. The Labute approximate surface area is 522 Å². The molecule has 16 bridgehead atoms. The summed E-state index contributed by atoms with van der Waals surface area (Å²) in [6.07, 6.45) is 25.1. The molecule has 11 saturated carbocycles. The van der Waals surface area contributed by atoms with Gasteiger partial charge in [-0.05, 0) is 271 Å². The van der Waals surface area contributed by atoms with Crippen LogP contribution in [0.1, 0.15) is 194 Å². The molecule has 3 aromatic carbocycles. The van der Waals surface area contributed by atoms with E-state index in [-0.39, 0.29) is 72.3 Å². The molecule has 0 aromatic heterocycles. The maximum absolute atomic E-state index is 16.3. The van der Waals surface area contributed by atoms with E-state index in [2.05, 4.69) is 84.7 Å². The first-order valence-electron chi connectivity index (χ1n) is 35.9. The first kappa shape index (κ1) is 56.6. The van der Waals surface area contributed by atoms with Crippen molar-refractivity contribution in [1.29, 1.82) is 0 Å². The van der Waals surface area contributed by atoms with Gasteiger partial charge in [-0.15, -0.1) is 0 Å². The zero-order valence-electron chi connectivity index (χ0n) is 52.5. The first-order valence-corrected chi connectivity index (χ1v) is 35.9. The summed E-state index contributed by atoms with van der Waals surface area (Å²) in [6, 6.07) is 26.9. The number of ether oxygens (including phenoxy) is 2. The number of benzene rings is 3. The second kappa shape index (κ2) is 19.7. The summed E-state index contributed by atoms with van der Waals surface area (Å²) in [6.45, 7) is 2.44. The van der Waals surface area contributed by atoms with Gasteiger partial charge in [0.25, 0.3) is 0 Å². The van der Waals surface area contributed by atoms with Crippen molar-refractivity contribution in [2.45, 2.75) is 228 Å². The molecule has 16 aliphatic rings. The van der Waals surface area contributed by atoms with Gasteiger partial charge in [-0.2, -0.15) is 0 Å². The Morgan fingerprint density at radius 3 is 2.33 bits per heavy atom. The predicted molar refractivity (Wildman–Crippen MR) is 336 cm³/mol. The molecule has 88 heavy (non-hydrogen) atoms. The highest BCUT2D eigenvalue weighted by molar-refractivity contribution is 5.86. The summed E-state index contributed by atoms with van der Waals surface area (Å²) in [5, 5.41) is 61.4. The molecule has 9 heteroatoms. The Bertz CT molecular complexity index is 3430. The monoisotopic (exact) mass is 1190 g/mol. The van der Waals surface area contributed by atoms with Crippen molar-refractivity contribution < 1.29 is 39.5 Å². The quantitative estimate of drug-likeness (QED) is 0.0979. The van der Waals surface area contributed by atoms with Crippen LogP contribution in [0.2, 0.25) is 0 Å². The number of likely N-dealkylation sites (N-methyl/N-ethyl adjacent to an activating group) is 1. The molecule has 0 amide bonds. The molecule has 4 spiro atoms. The Balaban J connectivity index is 0.843. The molecule has 25 unspecified atom stereocenters. The topological polar surface area (TPSA) is 146 Å². The Kier molecular flexibility index (Phi) is 12.7. The minimum atomic E-state index is -1.74. The first-order chi connectivity index (χ1) is 42.7. The van der Waals surface area contributed by atoms with Gasteiger partial charge in [0.15, 0.2) is 0 Å². The molecule has 3 aromatic rings. The summed E-state index contributed by atoms with van der Waals surface area (Å²) in [5.74, 6) is 9.05. The Hall–Kier alpha value is -4.14. The van der Waals surface area contributed by atoms with E-state index in [4.69, 9.17) is 9.47 Å². The summed E-state index contributed by atoms with van der Waals surface area (Å²) in [4.78, 5) is 30.5. The van der Waals surface area contributed by atoms with E-state index in [0.29, 0.717) is 86.4 Å². The lowest BCUT2D eigenvalue weighted by Crippen LogP contribution is -2.84. The molecule has 5 N–H and O–H groups in total. The van der Waals surface area contributed by atoms with E-state index in [9.17, 15) is 9.90 Å². The normalized spacial score (nSPS) is 50.1. The smallest absolute Gasteiger partial charge is 0.331 e. The highest BCUT2D eigenvalue weighted by Gasteiger charge is 2.88. The molecule has 0 radical (unpaired) electrons. The van der Waals surface area contributed by atoms with Crippen molar-refractivity contribution in [2.24, 2.45) is 104 Å². The van der Waals surface area contributed by atoms with E-state index < -0.39 is 56.4 Å². The molecule has 3 heterocycles. The molecule has 25 atom stereocenters. The van der Waals surface area contributed by atoms with Crippen LogP contribution >= 0.6 is 0 Å². The average molecular weight is 1190 g/mol. The number of fused-ring (bicyclic) bond motifs is 12. The SMILES string of the molecule is CNC1Cc2c(cccc2CO)C#CC2(CCCC2)CC23CCC4C(O)(CC5CC6CCC7C8OC(Cc9cccc(c9)CC9CCC(C9)C6C)C6CCC9%10CCC(c%11ccccc%11)CC9CC6C8%10CC4(C=O)C57O)C2(O)CC2CC1C1OC(=O)C=C1C23. The average Bonchev–Trinajstić information content (AvgIpc) is 1.25. The van der Waals surface area contributed by atoms with Crippen molar-refractivity contribution in [3.8, 4) is 11.8 Å². The van der Waals surface area contributed by atoms with Crippen LogP contribution in [-0.2, 0) is 44.9 Å². The van der Waals surface area contributed by atoms with Crippen molar-refractivity contribution in [2.75, 3.05) is 7.05 Å².